The van der Waals surface area contributed by atoms with E-state index in [1.807, 2.05) is 0 Å². The van der Waals surface area contributed by atoms with Gasteiger partial charge in [-0.05, 0) is 73.4 Å². The van der Waals surface area contributed by atoms with Gasteiger partial charge in [0.15, 0.2) is 0 Å². The molecule has 96 valence electrons. The third-order valence-electron chi connectivity index (χ3n) is 3.20. The molecule has 0 bridgehead atoms. The number of hydrogen-bond acceptors (Lipinski definition) is 3. The molecule has 0 aromatic heterocycles. The smallest absolute Gasteiger partial charge is 0.0252 e. The summed E-state index contributed by atoms with van der Waals surface area (Å²) < 4.78 is 0. The average molecular weight is 227 g/mol. The molecule has 1 rings (SSSR count). The average Bonchev–Trinajstić information content (AvgIpc) is 2.12. The molecule has 0 aromatic rings. The van der Waals surface area contributed by atoms with Crippen LogP contribution in [0.4, 0.5) is 0 Å². The third-order valence-corrected chi connectivity index (χ3v) is 3.20. The van der Waals surface area contributed by atoms with E-state index < -0.39 is 0 Å². The largest absolute Gasteiger partial charge is 0.311 e. The summed E-state index contributed by atoms with van der Waals surface area (Å²) in [5.74, 6) is 0. The second-order valence-corrected chi connectivity index (χ2v) is 5.95. The van der Waals surface area contributed by atoms with E-state index in [9.17, 15) is 0 Å². The molecule has 1 saturated heterocycles. The lowest BCUT2D eigenvalue weighted by atomic mass is 10.0. The minimum atomic E-state index is 0.276. The van der Waals surface area contributed by atoms with Gasteiger partial charge in [-0.25, -0.2) is 0 Å². The predicted molar refractivity (Wildman–Crippen MR) is 70.9 cm³/mol. The van der Waals surface area contributed by atoms with E-state index in [0.29, 0.717) is 0 Å². The summed E-state index contributed by atoms with van der Waals surface area (Å²) in [6.45, 7) is 10.7. The summed E-state index contributed by atoms with van der Waals surface area (Å²) in [5.41, 5.74) is 0.276. The van der Waals surface area contributed by atoms with E-state index in [0.717, 1.165) is 0 Å². The predicted octanol–water partition coefficient (Wildman–Crippen LogP) is 1.40. The van der Waals surface area contributed by atoms with Crippen LogP contribution in [-0.4, -0.2) is 62.2 Å². The van der Waals surface area contributed by atoms with Crippen LogP contribution in [0.15, 0.2) is 0 Å². The monoisotopic (exact) mass is 227 g/mol. The molecule has 0 unspecified atom stereocenters. The molecule has 0 aliphatic carbocycles. The molecule has 16 heavy (non-hydrogen) atoms. The fourth-order valence-corrected chi connectivity index (χ4v) is 2.38. The van der Waals surface area contributed by atoms with Crippen LogP contribution in [0.2, 0.25) is 0 Å². The molecule has 1 aliphatic rings. The normalized spacial score (nSPS) is 23.1. The first kappa shape index (κ1) is 13.9. The van der Waals surface area contributed by atoms with Gasteiger partial charge in [-0.2, -0.15) is 0 Å². The van der Waals surface area contributed by atoms with Crippen molar-refractivity contribution in [2.75, 3.05) is 46.8 Å². The molecule has 0 radical (unpaired) electrons. The molecule has 0 amide bonds. The Labute approximate surface area is 101 Å². The second-order valence-electron chi connectivity index (χ2n) is 5.95. The molecule has 1 aliphatic heterocycles. The van der Waals surface area contributed by atoms with E-state index in [-0.39, 0.29) is 5.54 Å². The van der Waals surface area contributed by atoms with E-state index >= 15 is 0 Å². The molecular formula is C13H29N3. The highest BCUT2D eigenvalue weighted by atomic mass is 15.2. The topological polar surface area (TPSA) is 18.5 Å². The van der Waals surface area contributed by atoms with Gasteiger partial charge in [0.2, 0.25) is 0 Å². The highest BCUT2D eigenvalue weighted by molar-refractivity contribution is 4.83. The van der Waals surface area contributed by atoms with Crippen molar-refractivity contribution in [1.29, 1.82) is 0 Å². The zero-order valence-corrected chi connectivity index (χ0v) is 11.6. The van der Waals surface area contributed by atoms with Gasteiger partial charge in [0, 0.05) is 12.1 Å². The van der Waals surface area contributed by atoms with Crippen molar-refractivity contribution < 1.29 is 0 Å². The van der Waals surface area contributed by atoms with Crippen molar-refractivity contribution in [2.45, 2.75) is 38.6 Å². The van der Waals surface area contributed by atoms with Gasteiger partial charge in [-0.1, -0.05) is 0 Å². The van der Waals surface area contributed by atoms with E-state index in [2.05, 4.69) is 43.1 Å². The zero-order chi connectivity index (χ0) is 12.0. The maximum Gasteiger partial charge on any atom is 0.0252 e. The van der Waals surface area contributed by atoms with Gasteiger partial charge in [0.05, 0.1) is 0 Å². The number of nitrogens with zero attached hydrogens (tertiary/aromatic N) is 2. The van der Waals surface area contributed by atoms with Crippen LogP contribution < -0.4 is 5.32 Å². The molecule has 3 nitrogen and oxygen atoms in total. The van der Waals surface area contributed by atoms with Crippen LogP contribution >= 0.6 is 0 Å². The number of nitrogens with one attached hydrogen (secondary N) is 1. The first-order chi connectivity index (χ1) is 7.49. The van der Waals surface area contributed by atoms with Gasteiger partial charge in [0.25, 0.3) is 0 Å². The highest BCUT2D eigenvalue weighted by Gasteiger charge is 2.22. The maximum atomic E-state index is 3.64. The van der Waals surface area contributed by atoms with Crippen LogP contribution in [-0.2, 0) is 0 Å². The van der Waals surface area contributed by atoms with Gasteiger partial charge < -0.3 is 15.1 Å². The molecule has 3 heteroatoms. The second kappa shape index (κ2) is 6.58. The summed E-state index contributed by atoms with van der Waals surface area (Å²) in [7, 11) is 4.30. The first-order valence-corrected chi connectivity index (χ1v) is 6.62. The standard InChI is InChI=1S/C13H29N3/c1-13(2)12-16(10-6-5-8-14-13)11-7-9-15(3)4/h14H,5-12H2,1-4H3. The van der Waals surface area contributed by atoms with Crippen molar-refractivity contribution in [3.63, 3.8) is 0 Å². The zero-order valence-electron chi connectivity index (χ0n) is 11.6. The Morgan fingerprint density at radius 2 is 2.00 bits per heavy atom. The molecular weight excluding hydrogens is 198 g/mol. The fraction of sp³-hybridized carbons (Fsp3) is 1.00. The van der Waals surface area contributed by atoms with Gasteiger partial charge >= 0.3 is 0 Å². The lowest BCUT2D eigenvalue weighted by molar-refractivity contribution is 0.174. The molecule has 0 saturated carbocycles. The quantitative estimate of drug-likeness (QED) is 0.783. The van der Waals surface area contributed by atoms with E-state index in [1.165, 1.54) is 52.0 Å². The Kier molecular flexibility index (Phi) is 5.73. The Bertz CT molecular complexity index is 190. The van der Waals surface area contributed by atoms with Crippen LogP contribution in [0.25, 0.3) is 0 Å². The summed E-state index contributed by atoms with van der Waals surface area (Å²) in [5, 5.41) is 3.64. The summed E-state index contributed by atoms with van der Waals surface area (Å²) in [4.78, 5) is 4.89. The Morgan fingerprint density at radius 1 is 1.25 bits per heavy atom. The van der Waals surface area contributed by atoms with Crippen molar-refractivity contribution in [3.8, 4) is 0 Å². The van der Waals surface area contributed by atoms with Crippen LogP contribution in [0.1, 0.15) is 33.1 Å². The Hall–Kier alpha value is -0.120. The molecule has 0 spiro atoms. The van der Waals surface area contributed by atoms with Gasteiger partial charge in [0.1, 0.15) is 0 Å². The molecule has 1 N–H and O–H groups in total. The fourth-order valence-electron chi connectivity index (χ4n) is 2.38. The third kappa shape index (κ3) is 5.83. The number of rotatable bonds is 4. The molecule has 1 fully saturated rings. The maximum absolute atomic E-state index is 3.64. The van der Waals surface area contributed by atoms with Gasteiger partial charge in [-0.3, -0.25) is 0 Å². The van der Waals surface area contributed by atoms with Crippen LogP contribution in [0, 0.1) is 0 Å². The number of hydrogen-bond donors (Lipinski definition) is 1. The highest BCUT2D eigenvalue weighted by Crippen LogP contribution is 2.11. The van der Waals surface area contributed by atoms with Crippen LogP contribution in [0.3, 0.4) is 0 Å². The summed E-state index contributed by atoms with van der Waals surface area (Å²) in [6.07, 6.45) is 3.93. The molecule has 0 aromatic carbocycles. The van der Waals surface area contributed by atoms with Gasteiger partial charge in [-0.15, -0.1) is 0 Å². The van der Waals surface area contributed by atoms with E-state index in [4.69, 9.17) is 0 Å². The Balaban J connectivity index is 2.31. The van der Waals surface area contributed by atoms with Crippen molar-refractivity contribution in [3.05, 3.63) is 0 Å². The van der Waals surface area contributed by atoms with Crippen molar-refractivity contribution in [1.82, 2.24) is 15.1 Å². The SMILES string of the molecule is CN(C)CCCN1CCCCNC(C)(C)C1. The molecule has 0 atom stereocenters. The first-order valence-electron chi connectivity index (χ1n) is 6.62. The minimum absolute atomic E-state index is 0.276. The lowest BCUT2D eigenvalue weighted by Crippen LogP contribution is -2.51. The Morgan fingerprint density at radius 3 is 2.69 bits per heavy atom. The minimum Gasteiger partial charge on any atom is -0.311 e. The molecule has 1 heterocycles. The van der Waals surface area contributed by atoms with E-state index in [1.54, 1.807) is 0 Å². The summed E-state index contributed by atoms with van der Waals surface area (Å²) >= 11 is 0. The lowest BCUT2D eigenvalue weighted by Gasteiger charge is -2.36. The van der Waals surface area contributed by atoms with Crippen molar-refractivity contribution in [2.24, 2.45) is 0 Å². The van der Waals surface area contributed by atoms with Crippen LogP contribution in [0.5, 0.6) is 0 Å². The summed E-state index contributed by atoms with van der Waals surface area (Å²) in [6, 6.07) is 0. The van der Waals surface area contributed by atoms with Crippen molar-refractivity contribution >= 4 is 0 Å².